The number of ketones is 1. The van der Waals surface area contributed by atoms with Crippen molar-refractivity contribution in [2.75, 3.05) is 0 Å². The minimum absolute atomic E-state index is 0.311. The van der Waals surface area contributed by atoms with Crippen LogP contribution in [0, 0.1) is 5.92 Å². The highest BCUT2D eigenvalue weighted by atomic mass is 16.1. The van der Waals surface area contributed by atoms with Crippen LogP contribution in [0.25, 0.3) is 0 Å². The molecular formula is C16H24O. The molecule has 0 aliphatic rings. The van der Waals surface area contributed by atoms with E-state index in [-0.39, 0.29) is 0 Å². The zero-order valence-corrected chi connectivity index (χ0v) is 11.5. The SMILES string of the molecule is CCc1ccc(CC)c(C(=O)CCC(C)C)c1. The molecule has 1 aromatic carbocycles. The maximum atomic E-state index is 12.2. The number of rotatable bonds is 6. The average Bonchev–Trinajstić information content (AvgIpc) is 2.34. The van der Waals surface area contributed by atoms with Gasteiger partial charge in [-0.3, -0.25) is 4.79 Å². The van der Waals surface area contributed by atoms with Crippen molar-refractivity contribution in [3.63, 3.8) is 0 Å². The fourth-order valence-electron chi connectivity index (χ4n) is 1.97. The van der Waals surface area contributed by atoms with Crippen LogP contribution < -0.4 is 0 Å². The summed E-state index contributed by atoms with van der Waals surface area (Å²) in [6, 6.07) is 6.33. The van der Waals surface area contributed by atoms with Gasteiger partial charge in [0.25, 0.3) is 0 Å². The molecule has 0 saturated heterocycles. The van der Waals surface area contributed by atoms with E-state index in [1.54, 1.807) is 0 Å². The van der Waals surface area contributed by atoms with Gasteiger partial charge in [-0.1, -0.05) is 39.8 Å². The Hall–Kier alpha value is -1.11. The van der Waals surface area contributed by atoms with Gasteiger partial charge in [-0.15, -0.1) is 0 Å². The van der Waals surface area contributed by atoms with Gasteiger partial charge in [-0.25, -0.2) is 0 Å². The third kappa shape index (κ3) is 3.99. The molecule has 0 bridgehead atoms. The topological polar surface area (TPSA) is 17.1 Å². The van der Waals surface area contributed by atoms with Crippen molar-refractivity contribution >= 4 is 5.78 Å². The lowest BCUT2D eigenvalue weighted by Crippen LogP contribution is -2.06. The second-order valence-corrected chi connectivity index (χ2v) is 5.05. The molecule has 0 aromatic heterocycles. The van der Waals surface area contributed by atoms with Gasteiger partial charge in [-0.2, -0.15) is 0 Å². The zero-order chi connectivity index (χ0) is 12.8. The van der Waals surface area contributed by atoms with Gasteiger partial charge in [0.05, 0.1) is 0 Å². The van der Waals surface area contributed by atoms with Gasteiger partial charge in [-0.05, 0) is 42.4 Å². The van der Waals surface area contributed by atoms with Crippen LogP contribution in [0.2, 0.25) is 0 Å². The summed E-state index contributed by atoms with van der Waals surface area (Å²) in [7, 11) is 0. The first-order valence-electron chi connectivity index (χ1n) is 6.73. The fraction of sp³-hybridized carbons (Fsp3) is 0.562. The van der Waals surface area contributed by atoms with Crippen LogP contribution in [0.5, 0.6) is 0 Å². The van der Waals surface area contributed by atoms with Crippen molar-refractivity contribution in [2.24, 2.45) is 5.92 Å². The molecule has 0 saturated carbocycles. The maximum Gasteiger partial charge on any atom is 0.163 e. The van der Waals surface area contributed by atoms with Crippen molar-refractivity contribution in [3.05, 3.63) is 34.9 Å². The molecule has 0 N–H and O–H groups in total. The number of hydrogen-bond acceptors (Lipinski definition) is 1. The van der Waals surface area contributed by atoms with Crippen LogP contribution >= 0.6 is 0 Å². The van der Waals surface area contributed by atoms with E-state index in [1.807, 2.05) is 0 Å². The first kappa shape index (κ1) is 14.0. The van der Waals surface area contributed by atoms with Crippen molar-refractivity contribution in [1.82, 2.24) is 0 Å². The lowest BCUT2D eigenvalue weighted by atomic mass is 9.94. The molecule has 0 radical (unpaired) electrons. The Morgan fingerprint density at radius 2 is 1.88 bits per heavy atom. The van der Waals surface area contributed by atoms with Gasteiger partial charge in [0.15, 0.2) is 5.78 Å². The molecule has 0 heterocycles. The first-order valence-corrected chi connectivity index (χ1v) is 6.73. The predicted octanol–water partition coefficient (Wildman–Crippen LogP) is 4.43. The molecule has 17 heavy (non-hydrogen) atoms. The molecule has 1 rings (SSSR count). The van der Waals surface area contributed by atoms with E-state index in [4.69, 9.17) is 0 Å². The third-order valence-electron chi connectivity index (χ3n) is 3.21. The minimum Gasteiger partial charge on any atom is -0.294 e. The van der Waals surface area contributed by atoms with Crippen LogP contribution in [-0.4, -0.2) is 5.78 Å². The second-order valence-electron chi connectivity index (χ2n) is 5.05. The summed E-state index contributed by atoms with van der Waals surface area (Å²) in [5.74, 6) is 0.907. The van der Waals surface area contributed by atoms with Crippen molar-refractivity contribution < 1.29 is 4.79 Å². The van der Waals surface area contributed by atoms with Crippen LogP contribution in [-0.2, 0) is 12.8 Å². The number of benzene rings is 1. The molecule has 1 nitrogen and oxygen atoms in total. The Morgan fingerprint density at radius 3 is 2.41 bits per heavy atom. The summed E-state index contributed by atoms with van der Waals surface area (Å²) in [6.07, 6.45) is 3.59. The van der Waals surface area contributed by atoms with Crippen LogP contribution in [0.4, 0.5) is 0 Å². The highest BCUT2D eigenvalue weighted by Crippen LogP contribution is 2.17. The number of carbonyl (C=O) groups is 1. The molecule has 94 valence electrons. The molecule has 1 aromatic rings. The number of hydrogen-bond donors (Lipinski definition) is 0. The van der Waals surface area contributed by atoms with E-state index in [1.165, 1.54) is 11.1 Å². The van der Waals surface area contributed by atoms with Crippen LogP contribution in [0.3, 0.4) is 0 Å². The van der Waals surface area contributed by atoms with E-state index in [2.05, 4.69) is 45.9 Å². The zero-order valence-electron chi connectivity index (χ0n) is 11.5. The molecular weight excluding hydrogens is 208 g/mol. The smallest absolute Gasteiger partial charge is 0.163 e. The van der Waals surface area contributed by atoms with Gasteiger partial charge in [0.2, 0.25) is 0 Å². The van der Waals surface area contributed by atoms with Crippen LogP contribution in [0.1, 0.15) is 62.0 Å². The lowest BCUT2D eigenvalue weighted by Gasteiger charge is -2.10. The van der Waals surface area contributed by atoms with Crippen molar-refractivity contribution in [2.45, 2.75) is 53.4 Å². The number of Topliss-reactive ketones (excluding diaryl/α,β-unsaturated/α-hetero) is 1. The number of carbonyl (C=O) groups excluding carboxylic acids is 1. The van der Waals surface area contributed by atoms with Gasteiger partial charge in [0.1, 0.15) is 0 Å². The molecule has 0 unspecified atom stereocenters. The van der Waals surface area contributed by atoms with E-state index in [9.17, 15) is 4.79 Å². The number of aryl methyl sites for hydroxylation is 2. The molecule has 0 amide bonds. The Labute approximate surface area is 105 Å². The van der Waals surface area contributed by atoms with Gasteiger partial charge < -0.3 is 0 Å². The summed E-state index contributed by atoms with van der Waals surface area (Å²) in [5.41, 5.74) is 3.40. The monoisotopic (exact) mass is 232 g/mol. The maximum absolute atomic E-state index is 12.2. The first-order chi connectivity index (χ1) is 8.08. The Morgan fingerprint density at radius 1 is 1.18 bits per heavy atom. The van der Waals surface area contributed by atoms with Gasteiger partial charge in [0, 0.05) is 12.0 Å². The molecule has 0 aliphatic carbocycles. The Kier molecular flexibility index (Phi) is 5.40. The molecule has 0 spiro atoms. The van der Waals surface area contributed by atoms with Crippen molar-refractivity contribution in [1.29, 1.82) is 0 Å². The van der Waals surface area contributed by atoms with E-state index in [0.717, 1.165) is 24.8 Å². The normalized spacial score (nSPS) is 10.9. The lowest BCUT2D eigenvalue weighted by molar-refractivity contribution is 0.0974. The second kappa shape index (κ2) is 6.58. The van der Waals surface area contributed by atoms with Crippen LogP contribution in [0.15, 0.2) is 18.2 Å². The summed E-state index contributed by atoms with van der Waals surface area (Å²) >= 11 is 0. The summed E-state index contributed by atoms with van der Waals surface area (Å²) in [5, 5.41) is 0. The fourth-order valence-corrected chi connectivity index (χ4v) is 1.97. The highest BCUT2D eigenvalue weighted by Gasteiger charge is 2.11. The average molecular weight is 232 g/mol. The molecule has 0 aliphatic heterocycles. The molecule has 0 fully saturated rings. The predicted molar refractivity (Wildman–Crippen MR) is 73.6 cm³/mol. The summed E-state index contributed by atoms with van der Waals surface area (Å²) < 4.78 is 0. The van der Waals surface area contributed by atoms with E-state index >= 15 is 0 Å². The van der Waals surface area contributed by atoms with Crippen molar-refractivity contribution in [3.8, 4) is 0 Å². The molecule has 1 heteroatoms. The van der Waals surface area contributed by atoms with E-state index < -0.39 is 0 Å². The minimum atomic E-state index is 0.311. The highest BCUT2D eigenvalue weighted by molar-refractivity contribution is 5.97. The van der Waals surface area contributed by atoms with Gasteiger partial charge >= 0.3 is 0 Å². The summed E-state index contributed by atoms with van der Waals surface area (Å²) in [6.45, 7) is 8.57. The Bertz CT molecular complexity index is 377. The largest absolute Gasteiger partial charge is 0.294 e. The standard InChI is InChI=1S/C16H24O/c1-5-13-8-9-14(6-2)15(11-13)16(17)10-7-12(3)4/h8-9,11-12H,5-7,10H2,1-4H3. The Balaban J connectivity index is 2.89. The molecule has 0 atom stereocenters. The summed E-state index contributed by atoms with van der Waals surface area (Å²) in [4.78, 5) is 12.2. The third-order valence-corrected chi connectivity index (χ3v) is 3.21. The van der Waals surface area contributed by atoms with E-state index in [0.29, 0.717) is 18.1 Å². The quantitative estimate of drug-likeness (QED) is 0.663.